The second-order valence-electron chi connectivity index (χ2n) is 12.6. The fourth-order valence-electron chi connectivity index (χ4n) is 5.46. The predicted molar refractivity (Wildman–Crippen MR) is 195 cm³/mol. The molecule has 1 aromatic heterocycles. The molecular formula is C38H47N5O5S. The summed E-state index contributed by atoms with van der Waals surface area (Å²) < 4.78 is 15.6. The minimum atomic E-state index is -0.998. The van der Waals surface area contributed by atoms with Crippen LogP contribution in [-0.4, -0.2) is 69.4 Å². The summed E-state index contributed by atoms with van der Waals surface area (Å²) in [7, 11) is 0. The number of piperazine rings is 1. The van der Waals surface area contributed by atoms with Crippen molar-refractivity contribution in [3.63, 3.8) is 0 Å². The molecule has 260 valence electrons. The van der Waals surface area contributed by atoms with E-state index < -0.39 is 17.7 Å². The minimum absolute atomic E-state index is 0.190. The zero-order valence-electron chi connectivity index (χ0n) is 29.3. The van der Waals surface area contributed by atoms with E-state index in [4.69, 9.17) is 19.4 Å². The van der Waals surface area contributed by atoms with Gasteiger partial charge >= 0.3 is 12.1 Å². The number of ether oxygens (including phenoxy) is 2. The van der Waals surface area contributed by atoms with E-state index in [2.05, 4.69) is 22.2 Å². The smallest absolute Gasteiger partial charge is 0.410 e. The summed E-state index contributed by atoms with van der Waals surface area (Å²) in [5.74, 6) is -0.309. The average molecular weight is 686 g/mol. The molecule has 3 N–H and O–H groups in total. The molecule has 1 saturated heterocycles. The molecule has 2 heterocycles. The lowest BCUT2D eigenvalue weighted by atomic mass is 9.99. The molecule has 10 nitrogen and oxygen atoms in total. The summed E-state index contributed by atoms with van der Waals surface area (Å²) in [6.45, 7) is 15.2. The van der Waals surface area contributed by atoms with Crippen LogP contribution >= 0.6 is 11.9 Å². The van der Waals surface area contributed by atoms with E-state index in [1.54, 1.807) is 23.1 Å². The van der Waals surface area contributed by atoms with Gasteiger partial charge in [-0.2, -0.15) is 4.98 Å². The van der Waals surface area contributed by atoms with Crippen molar-refractivity contribution < 1.29 is 24.2 Å². The first kappa shape index (κ1) is 37.2. The lowest BCUT2D eigenvalue weighted by molar-refractivity contribution is 0.0129. The Morgan fingerprint density at radius 1 is 1.00 bits per heavy atom. The molecule has 3 aromatic carbocycles. The first-order valence-electron chi connectivity index (χ1n) is 16.6. The highest BCUT2D eigenvalue weighted by Gasteiger charge is 2.33. The maximum Gasteiger partial charge on any atom is 0.410 e. The molecule has 5 rings (SSSR count). The average Bonchev–Trinajstić information content (AvgIpc) is 3.08. The molecule has 1 aliphatic rings. The number of carbonyl (C=O) groups is 2. The van der Waals surface area contributed by atoms with Crippen LogP contribution in [0.15, 0.2) is 83.8 Å². The molecular weight excluding hydrogens is 639 g/mol. The molecule has 0 spiro atoms. The minimum Gasteiger partial charge on any atom is -0.478 e. The van der Waals surface area contributed by atoms with Gasteiger partial charge in [0.2, 0.25) is 11.8 Å². The van der Waals surface area contributed by atoms with Crippen LogP contribution in [0.1, 0.15) is 61.7 Å². The van der Waals surface area contributed by atoms with E-state index >= 15 is 0 Å². The van der Waals surface area contributed by atoms with E-state index in [9.17, 15) is 14.7 Å². The van der Waals surface area contributed by atoms with Crippen LogP contribution in [0.5, 0.6) is 5.88 Å². The SMILES string of the molecule is CC.Cc1cccc(C)c1-c1cc(OC(Cc2ccccc2)C2CN(C(=O)OC(C)(C)C)CCN2)nc(NSc2cccc(C(=O)O)c2)n1. The van der Waals surface area contributed by atoms with Crippen LogP contribution in [0.3, 0.4) is 0 Å². The number of benzene rings is 3. The van der Waals surface area contributed by atoms with E-state index in [1.165, 1.54) is 11.9 Å². The highest BCUT2D eigenvalue weighted by molar-refractivity contribution is 8.00. The normalized spacial score (nSPS) is 15.0. The number of nitrogens with zero attached hydrogens (tertiary/aromatic N) is 3. The second kappa shape index (κ2) is 17.2. The van der Waals surface area contributed by atoms with Crippen molar-refractivity contribution in [3.05, 3.63) is 101 Å². The lowest BCUT2D eigenvalue weighted by Crippen LogP contribution is -2.59. The molecule has 1 aliphatic heterocycles. The van der Waals surface area contributed by atoms with Crippen molar-refractivity contribution in [1.29, 1.82) is 0 Å². The second-order valence-corrected chi connectivity index (χ2v) is 13.4. The summed E-state index contributed by atoms with van der Waals surface area (Å²) in [6, 6.07) is 24.5. The summed E-state index contributed by atoms with van der Waals surface area (Å²) >= 11 is 1.22. The Bertz CT molecular complexity index is 1690. The molecule has 0 radical (unpaired) electrons. The number of carbonyl (C=O) groups excluding carboxylic acids is 1. The number of aromatic carboxylic acids is 1. The van der Waals surface area contributed by atoms with Crippen LogP contribution in [0.25, 0.3) is 11.3 Å². The number of aryl methyl sites for hydroxylation is 2. The Balaban J connectivity index is 0.00000265. The van der Waals surface area contributed by atoms with Gasteiger partial charge in [-0.15, -0.1) is 0 Å². The highest BCUT2D eigenvalue weighted by atomic mass is 32.2. The Labute approximate surface area is 293 Å². The lowest BCUT2D eigenvalue weighted by Gasteiger charge is -2.38. The number of carboxylic acids is 1. The molecule has 4 aromatic rings. The van der Waals surface area contributed by atoms with Gasteiger partial charge in [0, 0.05) is 42.6 Å². The van der Waals surface area contributed by atoms with Crippen molar-refractivity contribution in [1.82, 2.24) is 20.2 Å². The Kier molecular flexibility index (Phi) is 13.0. The standard InChI is InChI=1S/C36H41N5O5S.C2H6/c1-23-11-9-12-24(2)32(23)28-21-31(39-34(38-28)40-47-27-16-10-15-26(20-27)33(42)43)45-30(19-25-13-7-6-8-14-25)29-22-41(18-17-37-29)35(44)46-36(3,4)5;1-2/h6-16,20-21,29-30,37H,17-19,22H2,1-5H3,(H,42,43)(H,38,39,40);1-2H3. The van der Waals surface area contributed by atoms with Gasteiger partial charge in [-0.25, -0.2) is 14.6 Å². The maximum absolute atomic E-state index is 13.0. The van der Waals surface area contributed by atoms with Crippen molar-refractivity contribution in [2.75, 3.05) is 24.4 Å². The van der Waals surface area contributed by atoms with Gasteiger partial charge in [0.25, 0.3) is 0 Å². The zero-order chi connectivity index (χ0) is 35.6. The monoisotopic (exact) mass is 685 g/mol. The largest absolute Gasteiger partial charge is 0.478 e. The summed E-state index contributed by atoms with van der Waals surface area (Å²) in [5, 5.41) is 13.0. The van der Waals surface area contributed by atoms with Crippen LogP contribution in [0, 0.1) is 13.8 Å². The van der Waals surface area contributed by atoms with E-state index in [1.807, 2.05) is 97.0 Å². The summed E-state index contributed by atoms with van der Waals surface area (Å²) in [4.78, 5) is 36.6. The summed E-state index contributed by atoms with van der Waals surface area (Å²) in [6.07, 6.45) is -0.170. The van der Waals surface area contributed by atoms with Crippen LogP contribution in [-0.2, 0) is 11.2 Å². The molecule has 11 heteroatoms. The zero-order valence-corrected chi connectivity index (χ0v) is 30.1. The first-order valence-corrected chi connectivity index (χ1v) is 17.4. The Hall–Kier alpha value is -4.61. The molecule has 2 unspecified atom stereocenters. The van der Waals surface area contributed by atoms with Gasteiger partial charge in [0.15, 0.2) is 0 Å². The quantitative estimate of drug-likeness (QED) is 0.142. The molecule has 0 saturated carbocycles. The number of aromatic nitrogens is 2. The number of amides is 1. The van der Waals surface area contributed by atoms with Crippen LogP contribution < -0.4 is 14.8 Å². The van der Waals surface area contributed by atoms with E-state index in [0.29, 0.717) is 48.5 Å². The third kappa shape index (κ3) is 10.7. The van der Waals surface area contributed by atoms with Crippen LogP contribution in [0.4, 0.5) is 10.7 Å². The number of nitrogens with one attached hydrogen (secondary N) is 2. The van der Waals surface area contributed by atoms with Crippen molar-refractivity contribution >= 4 is 30.0 Å². The van der Waals surface area contributed by atoms with E-state index in [-0.39, 0.29) is 17.7 Å². The Morgan fingerprint density at radius 2 is 1.69 bits per heavy atom. The predicted octanol–water partition coefficient (Wildman–Crippen LogP) is 7.80. The maximum atomic E-state index is 13.0. The van der Waals surface area contributed by atoms with Crippen LogP contribution in [0.2, 0.25) is 0 Å². The number of hydrogen-bond acceptors (Lipinski definition) is 9. The molecule has 1 fully saturated rings. The van der Waals surface area contributed by atoms with Gasteiger partial charge in [-0.1, -0.05) is 68.4 Å². The fourth-order valence-corrected chi connectivity index (χ4v) is 6.09. The third-order valence-corrected chi connectivity index (χ3v) is 8.41. The molecule has 0 aliphatic carbocycles. The molecule has 1 amide bonds. The molecule has 0 bridgehead atoms. The van der Waals surface area contributed by atoms with Gasteiger partial charge in [0.05, 0.1) is 17.3 Å². The van der Waals surface area contributed by atoms with Crippen molar-refractivity contribution in [2.24, 2.45) is 0 Å². The number of carboxylic acid groups (broad SMARTS) is 1. The third-order valence-electron chi connectivity index (χ3n) is 7.64. The number of rotatable bonds is 10. The van der Waals surface area contributed by atoms with Gasteiger partial charge in [0.1, 0.15) is 11.7 Å². The molecule has 2 atom stereocenters. The van der Waals surface area contributed by atoms with Gasteiger partial charge < -0.3 is 24.8 Å². The number of hydrogen-bond donors (Lipinski definition) is 3. The van der Waals surface area contributed by atoms with Crippen molar-refractivity contribution in [3.8, 4) is 17.1 Å². The summed E-state index contributed by atoms with van der Waals surface area (Å²) in [5.41, 5.74) is 4.47. The Morgan fingerprint density at radius 3 is 2.37 bits per heavy atom. The van der Waals surface area contributed by atoms with Gasteiger partial charge in [-0.3, -0.25) is 4.72 Å². The fraction of sp³-hybridized carbons (Fsp3) is 0.368. The van der Waals surface area contributed by atoms with Crippen molar-refractivity contribution in [2.45, 2.75) is 77.5 Å². The van der Waals surface area contributed by atoms with E-state index in [0.717, 1.165) is 22.3 Å². The van der Waals surface area contributed by atoms with Gasteiger partial charge in [-0.05, 0) is 81.5 Å². The molecule has 49 heavy (non-hydrogen) atoms. The number of anilines is 1. The highest BCUT2D eigenvalue weighted by Crippen LogP contribution is 2.31. The first-order chi connectivity index (χ1) is 23.4. The topological polar surface area (TPSA) is 126 Å².